The first-order chi connectivity index (χ1) is 12.7. The van der Waals surface area contributed by atoms with Crippen molar-refractivity contribution in [1.82, 2.24) is 19.6 Å². The summed E-state index contributed by atoms with van der Waals surface area (Å²) in [5.41, 5.74) is 4.08. The lowest BCUT2D eigenvalue weighted by molar-refractivity contribution is 0.0664. The van der Waals surface area contributed by atoms with Crippen LogP contribution in [0.25, 0.3) is 0 Å². The fourth-order valence-corrected chi connectivity index (χ4v) is 3.42. The summed E-state index contributed by atoms with van der Waals surface area (Å²) in [5, 5.41) is 8.06. The largest absolute Gasteiger partial charge is 0.381 e. The predicted octanol–water partition coefficient (Wildman–Crippen LogP) is 2.72. The summed E-state index contributed by atoms with van der Waals surface area (Å²) >= 11 is 0. The molecule has 1 aliphatic heterocycles. The van der Waals surface area contributed by atoms with Gasteiger partial charge >= 0.3 is 0 Å². The monoisotopic (exact) mass is 369 g/mol. The highest BCUT2D eigenvalue weighted by Crippen LogP contribution is 2.25. The lowest BCUT2D eigenvalue weighted by Crippen LogP contribution is -2.47. The molecule has 1 fully saturated rings. The van der Waals surface area contributed by atoms with E-state index in [1.54, 1.807) is 0 Å². The number of amides is 1. The van der Waals surface area contributed by atoms with E-state index >= 15 is 0 Å². The molecule has 1 saturated heterocycles. The molecule has 0 radical (unpaired) electrons. The average Bonchev–Trinajstić information content (AvgIpc) is 3.02. The van der Waals surface area contributed by atoms with Crippen molar-refractivity contribution in [2.24, 2.45) is 7.05 Å². The fourth-order valence-electron chi connectivity index (χ4n) is 3.42. The van der Waals surface area contributed by atoms with E-state index in [1.165, 1.54) is 5.56 Å². The van der Waals surface area contributed by atoms with Gasteiger partial charge in [-0.1, -0.05) is 20.8 Å². The summed E-state index contributed by atoms with van der Waals surface area (Å²) in [5.74, 6) is 0.122. The Balaban J connectivity index is 1.62. The molecule has 1 amide bonds. The highest BCUT2D eigenvalue weighted by Gasteiger charge is 2.22. The number of aryl methyl sites for hydroxylation is 1. The van der Waals surface area contributed by atoms with Gasteiger partial charge < -0.3 is 15.1 Å². The first-order valence-electron chi connectivity index (χ1n) is 9.59. The standard InChI is InChI=1S/C21H31N5O/c1-21(2,3)19-17(15-25(5)23-19)14-22-18-8-6-16(7-9-18)20(27)26-12-10-24(4)11-13-26/h6-9,15,22H,10-14H2,1-5H3. The Morgan fingerprint density at radius 3 is 2.30 bits per heavy atom. The van der Waals surface area contributed by atoms with Gasteiger partial charge in [0, 0.05) is 68.2 Å². The number of hydrogen-bond acceptors (Lipinski definition) is 4. The van der Waals surface area contributed by atoms with Crippen molar-refractivity contribution in [3.63, 3.8) is 0 Å². The van der Waals surface area contributed by atoms with Crippen molar-refractivity contribution in [2.45, 2.75) is 32.7 Å². The van der Waals surface area contributed by atoms with Gasteiger partial charge in [-0.2, -0.15) is 5.10 Å². The van der Waals surface area contributed by atoms with Crippen LogP contribution in [0.4, 0.5) is 5.69 Å². The topological polar surface area (TPSA) is 53.4 Å². The van der Waals surface area contributed by atoms with Crippen molar-refractivity contribution in [2.75, 3.05) is 38.5 Å². The molecule has 1 N–H and O–H groups in total. The van der Waals surface area contributed by atoms with Crippen molar-refractivity contribution < 1.29 is 4.79 Å². The predicted molar refractivity (Wildman–Crippen MR) is 109 cm³/mol. The van der Waals surface area contributed by atoms with Gasteiger partial charge in [-0.3, -0.25) is 9.48 Å². The molecule has 0 aliphatic carbocycles. The summed E-state index contributed by atoms with van der Waals surface area (Å²) in [6.07, 6.45) is 2.07. The second kappa shape index (κ2) is 7.72. The minimum atomic E-state index is 0.0110. The number of anilines is 1. The summed E-state index contributed by atoms with van der Waals surface area (Å²) in [4.78, 5) is 16.8. The third kappa shape index (κ3) is 4.69. The molecule has 0 bridgehead atoms. The Labute approximate surface area is 162 Å². The molecule has 1 aromatic carbocycles. The Kier molecular flexibility index (Phi) is 5.56. The number of aromatic nitrogens is 2. The second-order valence-electron chi connectivity index (χ2n) is 8.45. The van der Waals surface area contributed by atoms with Crippen LogP contribution in [-0.2, 0) is 19.0 Å². The van der Waals surface area contributed by atoms with Gasteiger partial charge in [0.05, 0.1) is 5.69 Å². The zero-order valence-electron chi connectivity index (χ0n) is 17.1. The van der Waals surface area contributed by atoms with Crippen molar-refractivity contribution in [3.05, 3.63) is 47.3 Å². The van der Waals surface area contributed by atoms with Crippen LogP contribution in [0.15, 0.2) is 30.5 Å². The van der Waals surface area contributed by atoms with Crippen LogP contribution in [0.5, 0.6) is 0 Å². The molecule has 0 saturated carbocycles. The summed E-state index contributed by atoms with van der Waals surface area (Å²) in [6, 6.07) is 7.79. The van der Waals surface area contributed by atoms with E-state index < -0.39 is 0 Å². The van der Waals surface area contributed by atoms with E-state index in [1.807, 2.05) is 40.9 Å². The van der Waals surface area contributed by atoms with Crippen LogP contribution in [0.1, 0.15) is 42.4 Å². The van der Waals surface area contributed by atoms with Crippen molar-refractivity contribution in [1.29, 1.82) is 0 Å². The minimum Gasteiger partial charge on any atom is -0.381 e. The average molecular weight is 370 g/mol. The first kappa shape index (κ1) is 19.4. The number of carbonyl (C=O) groups excluding carboxylic acids is 1. The normalized spacial score (nSPS) is 15.8. The van der Waals surface area contributed by atoms with E-state index in [-0.39, 0.29) is 11.3 Å². The van der Waals surface area contributed by atoms with Crippen molar-refractivity contribution >= 4 is 11.6 Å². The van der Waals surface area contributed by atoms with Crippen LogP contribution in [0.3, 0.4) is 0 Å². The van der Waals surface area contributed by atoms with Crippen LogP contribution in [-0.4, -0.2) is 58.7 Å². The van der Waals surface area contributed by atoms with E-state index in [9.17, 15) is 4.79 Å². The molecule has 2 aromatic rings. The van der Waals surface area contributed by atoms with Crippen LogP contribution < -0.4 is 5.32 Å². The molecule has 6 nitrogen and oxygen atoms in total. The molecule has 0 unspecified atom stereocenters. The number of hydrogen-bond donors (Lipinski definition) is 1. The third-order valence-corrected chi connectivity index (χ3v) is 5.02. The molecular formula is C21H31N5O. The first-order valence-corrected chi connectivity index (χ1v) is 9.59. The minimum absolute atomic E-state index is 0.0110. The maximum atomic E-state index is 12.6. The van der Waals surface area contributed by atoms with Gasteiger partial charge in [0.25, 0.3) is 5.91 Å². The molecule has 0 spiro atoms. The summed E-state index contributed by atoms with van der Waals surface area (Å²) in [6.45, 7) is 10.7. The molecule has 146 valence electrons. The third-order valence-electron chi connectivity index (χ3n) is 5.02. The smallest absolute Gasteiger partial charge is 0.253 e. The fraction of sp³-hybridized carbons (Fsp3) is 0.524. The van der Waals surface area contributed by atoms with Gasteiger partial charge in [0.2, 0.25) is 0 Å². The van der Waals surface area contributed by atoms with Crippen LogP contribution >= 0.6 is 0 Å². The number of rotatable bonds is 4. The van der Waals surface area contributed by atoms with Crippen LogP contribution in [0, 0.1) is 0 Å². The Morgan fingerprint density at radius 2 is 1.70 bits per heavy atom. The number of piperazine rings is 1. The molecule has 2 heterocycles. The van der Waals surface area contributed by atoms with Gasteiger partial charge in [-0.25, -0.2) is 0 Å². The van der Waals surface area contributed by atoms with Gasteiger partial charge in [-0.05, 0) is 31.3 Å². The summed E-state index contributed by atoms with van der Waals surface area (Å²) < 4.78 is 1.87. The lowest BCUT2D eigenvalue weighted by atomic mass is 9.89. The molecule has 0 atom stereocenters. The van der Waals surface area contributed by atoms with Gasteiger partial charge in [0.1, 0.15) is 0 Å². The SMILES string of the molecule is CN1CCN(C(=O)c2ccc(NCc3cn(C)nc3C(C)(C)C)cc2)CC1. The Bertz CT molecular complexity index is 780. The van der Waals surface area contributed by atoms with Crippen molar-refractivity contribution in [3.8, 4) is 0 Å². The maximum absolute atomic E-state index is 12.6. The molecule has 27 heavy (non-hydrogen) atoms. The number of carbonyl (C=O) groups is 1. The quantitative estimate of drug-likeness (QED) is 0.900. The summed E-state index contributed by atoms with van der Waals surface area (Å²) in [7, 11) is 4.05. The molecule has 1 aromatic heterocycles. The molecule has 1 aliphatic rings. The van der Waals surface area contributed by atoms with E-state index in [0.717, 1.165) is 43.1 Å². The van der Waals surface area contributed by atoms with E-state index in [4.69, 9.17) is 0 Å². The highest BCUT2D eigenvalue weighted by molar-refractivity contribution is 5.94. The van der Waals surface area contributed by atoms with Gasteiger partial charge in [-0.15, -0.1) is 0 Å². The maximum Gasteiger partial charge on any atom is 0.253 e. The second-order valence-corrected chi connectivity index (χ2v) is 8.45. The number of likely N-dealkylation sites (N-methyl/N-ethyl adjacent to an activating group) is 1. The van der Waals surface area contributed by atoms with E-state index in [2.05, 4.69) is 49.3 Å². The zero-order valence-corrected chi connectivity index (χ0v) is 17.1. The number of nitrogens with one attached hydrogen (secondary N) is 1. The van der Waals surface area contributed by atoms with Gasteiger partial charge in [0.15, 0.2) is 0 Å². The Morgan fingerprint density at radius 1 is 1.07 bits per heavy atom. The molecular weight excluding hydrogens is 338 g/mol. The Hall–Kier alpha value is -2.34. The number of nitrogens with zero attached hydrogens (tertiary/aromatic N) is 4. The van der Waals surface area contributed by atoms with E-state index in [0.29, 0.717) is 6.54 Å². The van der Waals surface area contributed by atoms with Crippen LogP contribution in [0.2, 0.25) is 0 Å². The molecule has 3 rings (SSSR count). The zero-order chi connectivity index (χ0) is 19.6. The lowest BCUT2D eigenvalue weighted by Gasteiger charge is -2.32. The highest BCUT2D eigenvalue weighted by atomic mass is 16.2. The number of benzene rings is 1. The molecule has 6 heteroatoms.